The van der Waals surface area contributed by atoms with Crippen molar-refractivity contribution in [1.82, 2.24) is 9.55 Å². The fraction of sp³-hybridized carbons (Fsp3) is 0.400. The van der Waals surface area contributed by atoms with Gasteiger partial charge in [-0.05, 0) is 6.42 Å². The van der Waals surface area contributed by atoms with Crippen LogP contribution < -0.4 is 5.56 Å². The van der Waals surface area contributed by atoms with Crippen molar-refractivity contribution in [2.45, 2.75) is 26.1 Å². The fourth-order valence-electron chi connectivity index (χ4n) is 1.31. The number of halogens is 3. The van der Waals surface area contributed by atoms with Crippen molar-refractivity contribution in [3.63, 3.8) is 0 Å². The second kappa shape index (κ2) is 4.39. The molecule has 0 amide bonds. The maximum absolute atomic E-state index is 12.5. The molecule has 16 heavy (non-hydrogen) atoms. The van der Waals surface area contributed by atoms with Crippen LogP contribution in [0.1, 0.15) is 18.2 Å². The SMILES string of the molecule is C#CCn1cnc(C(F)(F)F)c(CC)c1=O. The minimum Gasteiger partial charge on any atom is -0.287 e. The van der Waals surface area contributed by atoms with E-state index in [0.29, 0.717) is 0 Å². The van der Waals surface area contributed by atoms with Gasteiger partial charge in [0.2, 0.25) is 0 Å². The highest BCUT2D eigenvalue weighted by molar-refractivity contribution is 5.20. The number of aromatic nitrogens is 2. The van der Waals surface area contributed by atoms with E-state index >= 15 is 0 Å². The number of hydrogen-bond donors (Lipinski definition) is 0. The molecule has 0 bridgehead atoms. The molecular weight excluding hydrogens is 221 g/mol. The van der Waals surface area contributed by atoms with Gasteiger partial charge < -0.3 is 0 Å². The number of terminal acetylenes is 1. The van der Waals surface area contributed by atoms with Crippen molar-refractivity contribution in [2.24, 2.45) is 0 Å². The summed E-state index contributed by atoms with van der Waals surface area (Å²) >= 11 is 0. The van der Waals surface area contributed by atoms with Gasteiger partial charge in [0.25, 0.3) is 5.56 Å². The van der Waals surface area contributed by atoms with Gasteiger partial charge in [-0.25, -0.2) is 4.98 Å². The van der Waals surface area contributed by atoms with Crippen LogP contribution in [-0.4, -0.2) is 9.55 Å². The van der Waals surface area contributed by atoms with E-state index in [1.54, 1.807) is 0 Å². The third-order valence-corrected chi connectivity index (χ3v) is 2.01. The Bertz CT molecular complexity index is 482. The Balaban J connectivity index is 3.43. The molecule has 0 aliphatic carbocycles. The predicted octanol–water partition coefficient (Wildman–Crippen LogP) is 1.46. The van der Waals surface area contributed by atoms with Crippen LogP contribution in [0.3, 0.4) is 0 Å². The molecule has 0 aromatic carbocycles. The second-order valence-electron chi connectivity index (χ2n) is 3.06. The van der Waals surface area contributed by atoms with Crippen LogP contribution in [0.15, 0.2) is 11.1 Å². The summed E-state index contributed by atoms with van der Waals surface area (Å²) in [4.78, 5) is 14.8. The van der Waals surface area contributed by atoms with Gasteiger partial charge >= 0.3 is 6.18 Å². The quantitative estimate of drug-likeness (QED) is 0.721. The Morgan fingerprint density at radius 3 is 2.62 bits per heavy atom. The first kappa shape index (κ1) is 12.3. The Morgan fingerprint density at radius 1 is 1.56 bits per heavy atom. The van der Waals surface area contributed by atoms with E-state index in [-0.39, 0.29) is 18.5 Å². The van der Waals surface area contributed by atoms with Gasteiger partial charge in [-0.15, -0.1) is 6.42 Å². The lowest BCUT2D eigenvalue weighted by Gasteiger charge is -2.11. The van der Waals surface area contributed by atoms with Gasteiger partial charge in [-0.1, -0.05) is 12.8 Å². The molecule has 0 N–H and O–H groups in total. The normalized spacial score (nSPS) is 11.2. The van der Waals surface area contributed by atoms with Crippen molar-refractivity contribution in [2.75, 3.05) is 0 Å². The summed E-state index contributed by atoms with van der Waals surface area (Å²) in [5.74, 6) is 2.18. The Morgan fingerprint density at radius 2 is 2.19 bits per heavy atom. The lowest BCUT2D eigenvalue weighted by molar-refractivity contribution is -0.142. The van der Waals surface area contributed by atoms with Gasteiger partial charge in [0.05, 0.1) is 12.9 Å². The van der Waals surface area contributed by atoms with Crippen molar-refractivity contribution in [3.05, 3.63) is 27.9 Å². The molecule has 0 spiro atoms. The van der Waals surface area contributed by atoms with Gasteiger partial charge in [0.1, 0.15) is 0 Å². The maximum atomic E-state index is 12.5. The number of nitrogens with zero attached hydrogens (tertiary/aromatic N) is 2. The van der Waals surface area contributed by atoms with Crippen LogP contribution in [0.5, 0.6) is 0 Å². The zero-order valence-electron chi connectivity index (χ0n) is 8.51. The molecule has 0 aliphatic rings. The van der Waals surface area contributed by atoms with Gasteiger partial charge in [-0.2, -0.15) is 13.2 Å². The molecular formula is C10H9F3N2O. The van der Waals surface area contributed by atoms with Crippen molar-refractivity contribution < 1.29 is 13.2 Å². The van der Waals surface area contributed by atoms with Crippen LogP contribution in [0.2, 0.25) is 0 Å². The van der Waals surface area contributed by atoms with E-state index < -0.39 is 17.4 Å². The number of hydrogen-bond acceptors (Lipinski definition) is 2. The monoisotopic (exact) mass is 230 g/mol. The molecule has 0 radical (unpaired) electrons. The lowest BCUT2D eigenvalue weighted by atomic mass is 10.1. The number of alkyl halides is 3. The fourth-order valence-corrected chi connectivity index (χ4v) is 1.31. The third kappa shape index (κ3) is 2.24. The second-order valence-corrected chi connectivity index (χ2v) is 3.06. The highest BCUT2D eigenvalue weighted by Crippen LogP contribution is 2.28. The Labute approximate surface area is 89.9 Å². The van der Waals surface area contributed by atoms with Gasteiger partial charge in [0.15, 0.2) is 5.69 Å². The van der Waals surface area contributed by atoms with Gasteiger partial charge in [-0.3, -0.25) is 9.36 Å². The first-order valence-electron chi connectivity index (χ1n) is 4.50. The third-order valence-electron chi connectivity index (χ3n) is 2.01. The lowest BCUT2D eigenvalue weighted by Crippen LogP contribution is -2.28. The average molecular weight is 230 g/mol. The predicted molar refractivity (Wildman–Crippen MR) is 51.7 cm³/mol. The molecule has 0 unspecified atom stereocenters. The molecule has 1 aromatic rings. The van der Waals surface area contributed by atoms with E-state index in [1.165, 1.54) is 6.92 Å². The van der Waals surface area contributed by atoms with Crippen LogP contribution in [0.25, 0.3) is 0 Å². The molecule has 1 aromatic heterocycles. The van der Waals surface area contributed by atoms with Crippen molar-refractivity contribution >= 4 is 0 Å². The number of rotatable bonds is 2. The Hall–Kier alpha value is -1.77. The van der Waals surface area contributed by atoms with Crippen molar-refractivity contribution in [1.29, 1.82) is 0 Å². The van der Waals surface area contributed by atoms with E-state index in [9.17, 15) is 18.0 Å². The minimum absolute atomic E-state index is 0.0356. The average Bonchev–Trinajstić information content (AvgIpc) is 2.19. The molecule has 0 saturated heterocycles. The van der Waals surface area contributed by atoms with E-state index in [4.69, 9.17) is 6.42 Å². The maximum Gasteiger partial charge on any atom is 0.433 e. The molecule has 0 saturated carbocycles. The largest absolute Gasteiger partial charge is 0.433 e. The summed E-state index contributed by atoms with van der Waals surface area (Å²) in [7, 11) is 0. The van der Waals surface area contributed by atoms with Crippen LogP contribution in [0, 0.1) is 12.3 Å². The highest BCUT2D eigenvalue weighted by Gasteiger charge is 2.36. The first-order chi connectivity index (χ1) is 7.41. The summed E-state index contributed by atoms with van der Waals surface area (Å²) in [6.07, 6.45) is 1.16. The van der Waals surface area contributed by atoms with Crippen LogP contribution in [-0.2, 0) is 19.1 Å². The zero-order valence-corrected chi connectivity index (χ0v) is 8.51. The van der Waals surface area contributed by atoms with Crippen molar-refractivity contribution in [3.8, 4) is 12.3 Å². The van der Waals surface area contributed by atoms with E-state index in [2.05, 4.69) is 10.9 Å². The smallest absolute Gasteiger partial charge is 0.287 e. The first-order valence-corrected chi connectivity index (χ1v) is 4.50. The molecule has 0 atom stereocenters. The standard InChI is InChI=1S/C10H9F3N2O/c1-3-5-15-6-14-8(10(11,12)13)7(4-2)9(15)16/h1,6H,4-5H2,2H3. The molecule has 1 heterocycles. The molecule has 1 rings (SSSR count). The molecule has 86 valence electrons. The van der Waals surface area contributed by atoms with E-state index in [1.807, 2.05) is 0 Å². The highest BCUT2D eigenvalue weighted by atomic mass is 19.4. The van der Waals surface area contributed by atoms with E-state index in [0.717, 1.165) is 10.9 Å². The minimum atomic E-state index is -4.61. The Kier molecular flexibility index (Phi) is 3.38. The summed E-state index contributed by atoms with van der Waals surface area (Å²) in [5.41, 5.74) is -2.22. The van der Waals surface area contributed by atoms with Gasteiger partial charge in [0, 0.05) is 5.56 Å². The zero-order chi connectivity index (χ0) is 12.3. The topological polar surface area (TPSA) is 34.9 Å². The molecule has 0 aliphatic heterocycles. The summed E-state index contributed by atoms with van der Waals surface area (Å²) in [6, 6.07) is 0. The summed E-state index contributed by atoms with van der Waals surface area (Å²) in [6.45, 7) is 1.38. The summed E-state index contributed by atoms with van der Waals surface area (Å²) < 4.78 is 38.4. The molecule has 3 nitrogen and oxygen atoms in total. The summed E-state index contributed by atoms with van der Waals surface area (Å²) in [5, 5.41) is 0. The van der Waals surface area contributed by atoms with Crippen LogP contribution in [0.4, 0.5) is 13.2 Å². The van der Waals surface area contributed by atoms with Crippen LogP contribution >= 0.6 is 0 Å². The molecule has 6 heteroatoms. The molecule has 0 fully saturated rings.